The summed E-state index contributed by atoms with van der Waals surface area (Å²) in [7, 11) is 1.88. The quantitative estimate of drug-likeness (QED) is 0.725. The Morgan fingerprint density at radius 1 is 1.00 bits per heavy atom. The van der Waals surface area contributed by atoms with Crippen molar-refractivity contribution in [2.75, 3.05) is 7.05 Å². The van der Waals surface area contributed by atoms with Crippen LogP contribution in [0, 0.1) is 0 Å². The maximum atomic E-state index is 3.78. The van der Waals surface area contributed by atoms with Crippen molar-refractivity contribution in [3.63, 3.8) is 0 Å². The van der Waals surface area contributed by atoms with Gasteiger partial charge in [-0.2, -0.15) is 0 Å². The molecule has 1 rings (SSSR count). The molecule has 0 bridgehead atoms. The van der Waals surface area contributed by atoms with E-state index in [0.717, 1.165) is 16.8 Å². The molecule has 0 aliphatic heterocycles. The highest BCUT2D eigenvalue weighted by Crippen LogP contribution is 2.13. The van der Waals surface area contributed by atoms with Crippen LogP contribution in [0.15, 0.2) is 49.2 Å². The van der Waals surface area contributed by atoms with Gasteiger partial charge < -0.3 is 5.32 Å². The van der Waals surface area contributed by atoms with Crippen molar-refractivity contribution >= 4 is 12.2 Å². The first kappa shape index (κ1) is 18.6. The van der Waals surface area contributed by atoms with E-state index in [4.69, 9.17) is 0 Å². The molecular formula is C17H27N. The van der Waals surface area contributed by atoms with E-state index >= 15 is 0 Å². The third-order valence-corrected chi connectivity index (χ3v) is 2.04. The van der Waals surface area contributed by atoms with Crippen molar-refractivity contribution in [2.24, 2.45) is 0 Å². The molecule has 0 saturated heterocycles. The lowest BCUT2D eigenvalue weighted by molar-refractivity contribution is 1.05. The van der Waals surface area contributed by atoms with E-state index in [-0.39, 0.29) is 0 Å². The molecule has 1 aromatic carbocycles. The Hall–Kier alpha value is -1.76. The highest BCUT2D eigenvalue weighted by Gasteiger charge is 1.94. The lowest BCUT2D eigenvalue weighted by Gasteiger charge is -2.03. The minimum absolute atomic E-state index is 0.999. The van der Waals surface area contributed by atoms with Crippen LogP contribution in [-0.4, -0.2) is 7.05 Å². The molecule has 0 unspecified atom stereocenters. The summed E-state index contributed by atoms with van der Waals surface area (Å²) in [5.74, 6) is 0. The average Bonchev–Trinajstić information content (AvgIpc) is 2.49. The van der Waals surface area contributed by atoms with Gasteiger partial charge in [0, 0.05) is 12.7 Å². The molecule has 0 aliphatic carbocycles. The van der Waals surface area contributed by atoms with Crippen molar-refractivity contribution in [1.82, 2.24) is 5.32 Å². The summed E-state index contributed by atoms with van der Waals surface area (Å²) in [6.45, 7) is 15.5. The zero-order valence-electron chi connectivity index (χ0n) is 12.5. The number of benzene rings is 1. The summed E-state index contributed by atoms with van der Waals surface area (Å²) in [6, 6.07) is 8.10. The highest BCUT2D eigenvalue weighted by atomic mass is 14.8. The monoisotopic (exact) mass is 245 g/mol. The predicted octanol–water partition coefficient (Wildman–Crippen LogP) is 5.13. The lowest BCUT2D eigenvalue weighted by atomic mass is 10.1. The molecule has 0 amide bonds. The summed E-state index contributed by atoms with van der Waals surface area (Å²) < 4.78 is 0. The minimum atomic E-state index is 0.999. The minimum Gasteiger partial charge on any atom is -0.388 e. The first-order valence-corrected chi connectivity index (χ1v) is 6.55. The van der Waals surface area contributed by atoms with Crippen LogP contribution in [-0.2, 0) is 0 Å². The molecule has 0 spiro atoms. The first-order valence-electron chi connectivity index (χ1n) is 6.55. The fourth-order valence-electron chi connectivity index (χ4n) is 1.23. The molecule has 1 N–H and O–H groups in total. The first-order chi connectivity index (χ1) is 8.81. The Bertz CT molecular complexity index is 362. The average molecular weight is 245 g/mol. The van der Waals surface area contributed by atoms with Gasteiger partial charge in [0.25, 0.3) is 0 Å². The van der Waals surface area contributed by atoms with Gasteiger partial charge in [0.05, 0.1) is 0 Å². The van der Waals surface area contributed by atoms with Gasteiger partial charge in [-0.3, -0.25) is 0 Å². The maximum absolute atomic E-state index is 3.78. The van der Waals surface area contributed by atoms with Crippen molar-refractivity contribution in [3.8, 4) is 0 Å². The van der Waals surface area contributed by atoms with Crippen LogP contribution in [0.25, 0.3) is 12.2 Å². The van der Waals surface area contributed by atoms with Crippen LogP contribution in [0.5, 0.6) is 0 Å². The molecule has 0 atom stereocenters. The zero-order valence-corrected chi connectivity index (χ0v) is 12.5. The van der Waals surface area contributed by atoms with Crippen LogP contribution >= 0.6 is 0 Å². The molecule has 18 heavy (non-hydrogen) atoms. The molecule has 1 nitrogen and oxygen atoms in total. The van der Waals surface area contributed by atoms with Gasteiger partial charge in [-0.25, -0.2) is 0 Å². The summed E-state index contributed by atoms with van der Waals surface area (Å²) in [5.41, 5.74) is 3.27. The van der Waals surface area contributed by atoms with Crippen molar-refractivity contribution in [2.45, 2.75) is 27.7 Å². The zero-order chi connectivity index (χ0) is 14.4. The van der Waals surface area contributed by atoms with Gasteiger partial charge in [-0.15, -0.1) is 0 Å². The van der Waals surface area contributed by atoms with E-state index in [1.54, 1.807) is 6.08 Å². The normalized spacial score (nSPS) is 9.06. The second kappa shape index (κ2) is 13.3. The molecule has 0 aliphatic rings. The Labute approximate surface area is 113 Å². The second-order valence-electron chi connectivity index (χ2n) is 2.89. The largest absolute Gasteiger partial charge is 0.388 e. The van der Waals surface area contributed by atoms with E-state index < -0.39 is 0 Å². The molecule has 0 saturated carbocycles. The van der Waals surface area contributed by atoms with Crippen LogP contribution in [0.3, 0.4) is 0 Å². The molecule has 0 radical (unpaired) electrons. The Kier molecular flexibility index (Phi) is 13.7. The van der Waals surface area contributed by atoms with Crippen LogP contribution in [0.1, 0.15) is 38.8 Å². The number of hydrogen-bond donors (Lipinski definition) is 1. The maximum Gasteiger partial charge on any atom is 0.0337 e. The Morgan fingerprint density at radius 3 is 1.89 bits per heavy atom. The third kappa shape index (κ3) is 6.74. The standard InChI is InChI=1S/C13H15N.2C2H6/c1-4-11-8-6-7-9-12(11)10-13(5-2)14-3;2*1-2/h4-10,14H,1-2H2,3H3;2*1-2H3/b13-10+;;. The van der Waals surface area contributed by atoms with E-state index in [2.05, 4.69) is 24.5 Å². The second-order valence-corrected chi connectivity index (χ2v) is 2.89. The fraction of sp³-hybridized carbons (Fsp3) is 0.294. The third-order valence-electron chi connectivity index (χ3n) is 2.04. The molecule has 1 aromatic rings. The van der Waals surface area contributed by atoms with Gasteiger partial charge in [-0.1, -0.05) is 71.2 Å². The van der Waals surface area contributed by atoms with Crippen LogP contribution in [0.2, 0.25) is 0 Å². The van der Waals surface area contributed by atoms with Crippen LogP contribution in [0.4, 0.5) is 0 Å². The fourth-order valence-corrected chi connectivity index (χ4v) is 1.23. The Morgan fingerprint density at radius 2 is 1.50 bits per heavy atom. The van der Waals surface area contributed by atoms with Crippen molar-refractivity contribution in [3.05, 3.63) is 60.3 Å². The van der Waals surface area contributed by atoms with Gasteiger partial charge >= 0.3 is 0 Å². The van der Waals surface area contributed by atoms with Gasteiger partial charge in [0.15, 0.2) is 0 Å². The van der Waals surface area contributed by atoms with Gasteiger partial charge in [0.1, 0.15) is 0 Å². The number of rotatable bonds is 4. The smallest absolute Gasteiger partial charge is 0.0337 e. The molecule has 0 fully saturated rings. The SMILES string of the molecule is C=C/C(=C\c1ccccc1C=C)NC.CC.CC. The van der Waals surface area contributed by atoms with Gasteiger partial charge in [-0.05, 0) is 23.3 Å². The number of nitrogens with one attached hydrogen (secondary N) is 1. The topological polar surface area (TPSA) is 12.0 Å². The predicted molar refractivity (Wildman–Crippen MR) is 86.5 cm³/mol. The molecule has 1 heteroatoms. The Balaban J connectivity index is 0. The molecule has 0 aromatic heterocycles. The summed E-state index contributed by atoms with van der Waals surface area (Å²) >= 11 is 0. The van der Waals surface area contributed by atoms with E-state index in [9.17, 15) is 0 Å². The van der Waals surface area contributed by atoms with Crippen LogP contribution < -0.4 is 5.32 Å². The summed E-state index contributed by atoms with van der Waals surface area (Å²) in [4.78, 5) is 0. The summed E-state index contributed by atoms with van der Waals surface area (Å²) in [5, 5.41) is 3.06. The molecule has 0 heterocycles. The van der Waals surface area contributed by atoms with E-state index in [1.807, 2.05) is 65.1 Å². The lowest BCUT2D eigenvalue weighted by Crippen LogP contribution is -2.02. The van der Waals surface area contributed by atoms with E-state index in [1.165, 1.54) is 0 Å². The highest BCUT2D eigenvalue weighted by molar-refractivity contribution is 5.66. The molecular weight excluding hydrogens is 218 g/mol. The van der Waals surface area contributed by atoms with Crippen molar-refractivity contribution in [1.29, 1.82) is 0 Å². The van der Waals surface area contributed by atoms with E-state index in [0.29, 0.717) is 0 Å². The number of allylic oxidation sites excluding steroid dienone is 1. The van der Waals surface area contributed by atoms with Gasteiger partial charge in [0.2, 0.25) is 0 Å². The molecule has 100 valence electrons. The number of hydrogen-bond acceptors (Lipinski definition) is 1. The summed E-state index contributed by atoms with van der Waals surface area (Å²) in [6.07, 6.45) is 5.69. The number of likely N-dealkylation sites (N-methyl/N-ethyl adjacent to an activating group) is 1. The van der Waals surface area contributed by atoms with Crippen molar-refractivity contribution < 1.29 is 0 Å².